The Hall–Kier alpha value is -3.20. The maximum Gasteiger partial charge on any atom is 0.224 e. The van der Waals surface area contributed by atoms with Crippen molar-refractivity contribution >= 4 is 29.3 Å². The standard InChI is InChI=1S/C31H37N3O4S/c1-32-29(35)11-7-2-3-8-12-30(36)34-25-15-13-24(14-16-25)28-21-27(23-9-5-4-6-10-23)37-31(38-28)22-39-26-17-19-33-20-18-26/h4-6,9-10,13-20,27-28,31H,2-3,7-8,11-12,21-22H2,1H3,(H,32,35)(H,34,36). The molecule has 1 saturated heterocycles. The number of anilines is 1. The van der Waals surface area contributed by atoms with Gasteiger partial charge in [0.25, 0.3) is 0 Å². The number of hydrogen-bond donors (Lipinski definition) is 2. The molecule has 1 fully saturated rings. The summed E-state index contributed by atoms with van der Waals surface area (Å²) in [6.07, 6.45) is 8.32. The van der Waals surface area contributed by atoms with E-state index < -0.39 is 0 Å². The summed E-state index contributed by atoms with van der Waals surface area (Å²) in [7, 11) is 1.65. The van der Waals surface area contributed by atoms with Gasteiger partial charge >= 0.3 is 0 Å². The predicted molar refractivity (Wildman–Crippen MR) is 154 cm³/mol. The minimum Gasteiger partial charge on any atom is -0.359 e. The maximum atomic E-state index is 12.4. The van der Waals surface area contributed by atoms with Crippen LogP contribution in [0.3, 0.4) is 0 Å². The van der Waals surface area contributed by atoms with Crippen LogP contribution in [0.15, 0.2) is 84.0 Å². The van der Waals surface area contributed by atoms with Gasteiger partial charge in [-0.2, -0.15) is 0 Å². The number of unbranched alkanes of at least 4 members (excludes halogenated alkanes) is 3. The summed E-state index contributed by atoms with van der Waals surface area (Å²) in [4.78, 5) is 28.9. The Balaban J connectivity index is 1.30. The van der Waals surface area contributed by atoms with E-state index in [4.69, 9.17) is 9.47 Å². The van der Waals surface area contributed by atoms with E-state index in [1.54, 1.807) is 31.2 Å². The molecule has 39 heavy (non-hydrogen) atoms. The van der Waals surface area contributed by atoms with Gasteiger partial charge < -0.3 is 20.1 Å². The fourth-order valence-corrected chi connectivity index (χ4v) is 5.33. The Labute approximate surface area is 235 Å². The van der Waals surface area contributed by atoms with Crippen LogP contribution in [-0.4, -0.2) is 35.9 Å². The summed E-state index contributed by atoms with van der Waals surface area (Å²) >= 11 is 1.69. The summed E-state index contributed by atoms with van der Waals surface area (Å²) in [5.74, 6) is 0.745. The quantitative estimate of drug-likeness (QED) is 0.189. The van der Waals surface area contributed by atoms with Crippen LogP contribution in [0.2, 0.25) is 0 Å². The van der Waals surface area contributed by atoms with Crippen LogP contribution in [0, 0.1) is 0 Å². The predicted octanol–water partition coefficient (Wildman–Crippen LogP) is 6.44. The van der Waals surface area contributed by atoms with Crippen molar-refractivity contribution in [3.05, 3.63) is 90.3 Å². The number of thioether (sulfide) groups is 1. The van der Waals surface area contributed by atoms with Gasteiger partial charge in [0.1, 0.15) is 0 Å². The molecule has 206 valence electrons. The molecule has 7 nitrogen and oxygen atoms in total. The molecule has 0 aliphatic carbocycles. The molecule has 0 saturated carbocycles. The molecule has 2 amide bonds. The first kappa shape index (κ1) is 28.8. The monoisotopic (exact) mass is 547 g/mol. The SMILES string of the molecule is CNC(=O)CCCCCCC(=O)Nc1ccc(C2CC(c3ccccc3)OC(CSc3ccncc3)O2)cc1. The van der Waals surface area contributed by atoms with E-state index in [2.05, 4.69) is 27.8 Å². The zero-order chi connectivity index (χ0) is 27.3. The van der Waals surface area contributed by atoms with Crippen molar-refractivity contribution in [2.45, 2.75) is 68.3 Å². The summed E-state index contributed by atoms with van der Waals surface area (Å²) < 4.78 is 12.8. The number of nitrogens with zero attached hydrogens (tertiary/aromatic N) is 1. The number of hydrogen-bond acceptors (Lipinski definition) is 6. The van der Waals surface area contributed by atoms with Crippen molar-refractivity contribution in [2.75, 3.05) is 18.1 Å². The fraction of sp³-hybridized carbons (Fsp3) is 0.387. The maximum absolute atomic E-state index is 12.4. The molecule has 8 heteroatoms. The van der Waals surface area contributed by atoms with E-state index in [0.717, 1.165) is 47.4 Å². The lowest BCUT2D eigenvalue weighted by Gasteiger charge is -2.36. The van der Waals surface area contributed by atoms with E-state index in [-0.39, 0.29) is 30.3 Å². The molecule has 1 aliphatic heterocycles. The molecular formula is C31H37N3O4S. The zero-order valence-electron chi connectivity index (χ0n) is 22.4. The fourth-order valence-electron chi connectivity index (χ4n) is 4.53. The lowest BCUT2D eigenvalue weighted by atomic mass is 9.97. The number of nitrogens with one attached hydrogen (secondary N) is 2. The molecule has 0 spiro atoms. The Morgan fingerprint density at radius 2 is 1.44 bits per heavy atom. The van der Waals surface area contributed by atoms with Gasteiger partial charge in [-0.25, -0.2) is 0 Å². The van der Waals surface area contributed by atoms with E-state index in [1.807, 2.05) is 54.6 Å². The van der Waals surface area contributed by atoms with Gasteiger partial charge in [0, 0.05) is 55.0 Å². The van der Waals surface area contributed by atoms with Gasteiger partial charge in [-0.1, -0.05) is 55.3 Å². The van der Waals surface area contributed by atoms with Gasteiger partial charge in [-0.15, -0.1) is 11.8 Å². The molecule has 2 aromatic carbocycles. The van der Waals surface area contributed by atoms with Crippen molar-refractivity contribution < 1.29 is 19.1 Å². The third kappa shape index (κ3) is 9.49. The van der Waals surface area contributed by atoms with Crippen molar-refractivity contribution in [3.63, 3.8) is 0 Å². The van der Waals surface area contributed by atoms with Crippen molar-refractivity contribution in [3.8, 4) is 0 Å². The van der Waals surface area contributed by atoms with E-state index in [9.17, 15) is 9.59 Å². The van der Waals surface area contributed by atoms with Crippen LogP contribution >= 0.6 is 11.8 Å². The smallest absolute Gasteiger partial charge is 0.224 e. The van der Waals surface area contributed by atoms with Gasteiger partial charge in [0.2, 0.25) is 11.8 Å². The Bertz CT molecular complexity index is 1160. The number of carbonyl (C=O) groups is 2. The van der Waals surface area contributed by atoms with E-state index in [0.29, 0.717) is 25.0 Å². The first-order valence-electron chi connectivity index (χ1n) is 13.6. The molecule has 3 atom stereocenters. The largest absolute Gasteiger partial charge is 0.359 e. The Morgan fingerprint density at radius 1 is 0.821 bits per heavy atom. The topological polar surface area (TPSA) is 89.6 Å². The minimum absolute atomic E-state index is 0.00806. The molecule has 3 unspecified atom stereocenters. The highest BCUT2D eigenvalue weighted by atomic mass is 32.2. The van der Waals surface area contributed by atoms with Gasteiger partial charge in [0.05, 0.1) is 12.2 Å². The lowest BCUT2D eigenvalue weighted by Crippen LogP contribution is -2.31. The van der Waals surface area contributed by atoms with Crippen LogP contribution in [0.4, 0.5) is 5.69 Å². The van der Waals surface area contributed by atoms with Crippen LogP contribution in [0.25, 0.3) is 0 Å². The highest BCUT2D eigenvalue weighted by Gasteiger charge is 2.32. The number of amides is 2. The van der Waals surface area contributed by atoms with Crippen LogP contribution < -0.4 is 10.6 Å². The van der Waals surface area contributed by atoms with Crippen LogP contribution in [0.5, 0.6) is 0 Å². The molecule has 0 bridgehead atoms. The van der Waals surface area contributed by atoms with Gasteiger partial charge in [0.15, 0.2) is 6.29 Å². The third-order valence-corrected chi connectivity index (χ3v) is 7.71. The second kappa shape index (κ2) is 15.4. The number of pyridine rings is 1. The first-order chi connectivity index (χ1) is 19.1. The number of carbonyl (C=O) groups excluding carboxylic acids is 2. The molecule has 2 N–H and O–H groups in total. The molecule has 2 heterocycles. The van der Waals surface area contributed by atoms with Crippen molar-refractivity contribution in [1.29, 1.82) is 0 Å². The zero-order valence-corrected chi connectivity index (χ0v) is 23.2. The van der Waals surface area contributed by atoms with Crippen LogP contribution in [-0.2, 0) is 19.1 Å². The molecule has 3 aromatic rings. The first-order valence-corrected chi connectivity index (χ1v) is 14.6. The molecule has 1 aliphatic rings. The number of aromatic nitrogens is 1. The van der Waals surface area contributed by atoms with Gasteiger partial charge in [-0.05, 0) is 48.2 Å². The minimum atomic E-state index is -0.358. The Kier molecular flexibility index (Phi) is 11.4. The molecule has 4 rings (SSSR count). The molecule has 0 radical (unpaired) electrons. The van der Waals surface area contributed by atoms with E-state index >= 15 is 0 Å². The summed E-state index contributed by atoms with van der Waals surface area (Å²) in [6.45, 7) is 0. The van der Waals surface area contributed by atoms with Crippen LogP contribution in [0.1, 0.15) is 68.3 Å². The third-order valence-electron chi connectivity index (χ3n) is 6.67. The average Bonchev–Trinajstić information content (AvgIpc) is 2.99. The number of rotatable bonds is 13. The summed E-state index contributed by atoms with van der Waals surface area (Å²) in [5, 5.41) is 5.62. The second-order valence-electron chi connectivity index (χ2n) is 9.58. The average molecular weight is 548 g/mol. The normalized spacial score (nSPS) is 18.8. The number of benzene rings is 2. The second-order valence-corrected chi connectivity index (χ2v) is 10.7. The van der Waals surface area contributed by atoms with E-state index in [1.165, 1.54) is 0 Å². The Morgan fingerprint density at radius 3 is 2.08 bits per heavy atom. The van der Waals surface area contributed by atoms with Gasteiger partial charge in [-0.3, -0.25) is 14.6 Å². The lowest BCUT2D eigenvalue weighted by molar-refractivity contribution is -0.236. The van der Waals surface area contributed by atoms with Crippen molar-refractivity contribution in [2.24, 2.45) is 0 Å². The number of ether oxygens (including phenoxy) is 2. The summed E-state index contributed by atoms with van der Waals surface area (Å²) in [6, 6.07) is 22.2. The highest BCUT2D eigenvalue weighted by molar-refractivity contribution is 7.99. The van der Waals surface area contributed by atoms with Crippen molar-refractivity contribution in [1.82, 2.24) is 10.3 Å². The molecule has 1 aromatic heterocycles. The molecular weight excluding hydrogens is 510 g/mol. The highest BCUT2D eigenvalue weighted by Crippen LogP contribution is 2.40. The summed E-state index contributed by atoms with van der Waals surface area (Å²) in [5.41, 5.74) is 2.98.